The molecule has 0 unspecified atom stereocenters. The summed E-state index contributed by atoms with van der Waals surface area (Å²) in [6, 6.07) is 8.71. The summed E-state index contributed by atoms with van der Waals surface area (Å²) in [5.74, 6) is 2.55. The van der Waals surface area contributed by atoms with E-state index in [1.807, 2.05) is 6.20 Å². The zero-order valence-electron chi connectivity index (χ0n) is 15.8. The van der Waals surface area contributed by atoms with Gasteiger partial charge in [0.25, 0.3) is 0 Å². The van der Waals surface area contributed by atoms with Gasteiger partial charge in [-0.05, 0) is 42.9 Å². The molecule has 5 heteroatoms. The number of thioether (sulfide) groups is 1. The van der Waals surface area contributed by atoms with Gasteiger partial charge >= 0.3 is 0 Å². The van der Waals surface area contributed by atoms with Gasteiger partial charge in [-0.3, -0.25) is 0 Å². The molecule has 4 nitrogen and oxygen atoms in total. The van der Waals surface area contributed by atoms with Crippen molar-refractivity contribution in [1.82, 2.24) is 15.0 Å². The lowest BCUT2D eigenvalue weighted by atomic mass is 10.1. The average molecular weight is 365 g/mol. The summed E-state index contributed by atoms with van der Waals surface area (Å²) in [4.78, 5) is 17.8. The topological polar surface area (TPSA) is 41.9 Å². The Bertz CT molecular complexity index is 968. The molecule has 0 spiro atoms. The van der Waals surface area contributed by atoms with E-state index < -0.39 is 0 Å². The van der Waals surface area contributed by atoms with Gasteiger partial charge in [0, 0.05) is 35.0 Å². The Morgan fingerprint density at radius 1 is 1.15 bits per heavy atom. The molecule has 0 N–H and O–H groups in total. The van der Waals surface area contributed by atoms with E-state index in [2.05, 4.69) is 61.2 Å². The third kappa shape index (κ3) is 3.28. The summed E-state index contributed by atoms with van der Waals surface area (Å²) in [5, 5.41) is 1.22. The maximum absolute atomic E-state index is 4.94. The molecule has 0 saturated heterocycles. The Morgan fingerprint density at radius 2 is 2.00 bits per heavy atom. The van der Waals surface area contributed by atoms with E-state index in [0.717, 1.165) is 42.4 Å². The van der Waals surface area contributed by atoms with Crippen molar-refractivity contribution in [2.24, 2.45) is 5.92 Å². The molecule has 0 bridgehead atoms. The van der Waals surface area contributed by atoms with Gasteiger partial charge in [0.05, 0.1) is 17.8 Å². The molecular formula is C21H24N4S. The van der Waals surface area contributed by atoms with Crippen LogP contribution in [0.2, 0.25) is 0 Å². The molecule has 0 aliphatic carbocycles. The van der Waals surface area contributed by atoms with E-state index in [9.17, 15) is 0 Å². The molecule has 0 saturated carbocycles. The summed E-state index contributed by atoms with van der Waals surface area (Å²) in [5.41, 5.74) is 4.69. The molecule has 0 radical (unpaired) electrons. The molecule has 4 rings (SSSR count). The highest BCUT2D eigenvalue weighted by molar-refractivity contribution is 7.98. The first-order chi connectivity index (χ1) is 12.5. The van der Waals surface area contributed by atoms with Crippen molar-refractivity contribution in [2.75, 3.05) is 11.2 Å². The fraction of sp³-hybridized carbons (Fsp3) is 0.381. The number of rotatable bonds is 4. The predicted octanol–water partition coefficient (Wildman–Crippen LogP) is 4.77. The summed E-state index contributed by atoms with van der Waals surface area (Å²) >= 11 is 1.75. The summed E-state index contributed by atoms with van der Waals surface area (Å²) in [6.07, 6.45) is 5.03. The van der Waals surface area contributed by atoms with Crippen molar-refractivity contribution >= 4 is 28.5 Å². The second kappa shape index (κ2) is 6.88. The third-order valence-corrected chi connectivity index (χ3v) is 5.56. The number of benzene rings is 1. The van der Waals surface area contributed by atoms with Crippen LogP contribution < -0.4 is 4.90 Å². The van der Waals surface area contributed by atoms with Crippen molar-refractivity contribution in [3.63, 3.8) is 0 Å². The zero-order valence-corrected chi connectivity index (χ0v) is 16.6. The van der Waals surface area contributed by atoms with Gasteiger partial charge in [-0.2, -0.15) is 0 Å². The molecule has 2 aromatic heterocycles. The van der Waals surface area contributed by atoms with Crippen LogP contribution in [0.4, 0.5) is 5.82 Å². The average Bonchev–Trinajstić information content (AvgIpc) is 3.04. The van der Waals surface area contributed by atoms with Gasteiger partial charge in [0.2, 0.25) is 0 Å². The van der Waals surface area contributed by atoms with Crippen molar-refractivity contribution in [1.29, 1.82) is 0 Å². The third-order valence-electron chi connectivity index (χ3n) is 4.83. The van der Waals surface area contributed by atoms with Crippen molar-refractivity contribution < 1.29 is 0 Å². The lowest BCUT2D eigenvalue weighted by Gasteiger charge is -2.18. The minimum Gasteiger partial charge on any atom is -0.346 e. The molecule has 3 heterocycles. The first-order valence-electron chi connectivity index (χ1n) is 9.07. The van der Waals surface area contributed by atoms with Gasteiger partial charge in [0.1, 0.15) is 11.6 Å². The monoisotopic (exact) mass is 364 g/mol. The van der Waals surface area contributed by atoms with E-state index in [0.29, 0.717) is 5.92 Å². The van der Waals surface area contributed by atoms with Crippen LogP contribution >= 0.6 is 11.8 Å². The molecule has 26 heavy (non-hydrogen) atoms. The smallest absolute Gasteiger partial charge is 0.130 e. The highest BCUT2D eigenvalue weighted by atomic mass is 32.2. The first-order valence-corrected chi connectivity index (χ1v) is 10.3. The second-order valence-corrected chi connectivity index (χ2v) is 8.27. The minimum absolute atomic E-state index is 0.570. The number of hydrogen-bond acceptors (Lipinski definition) is 5. The van der Waals surface area contributed by atoms with Crippen LogP contribution in [0.5, 0.6) is 0 Å². The fourth-order valence-electron chi connectivity index (χ4n) is 3.47. The zero-order chi connectivity index (χ0) is 18.3. The number of nitrogens with zero attached hydrogens (tertiary/aromatic N) is 4. The molecule has 0 atom stereocenters. The van der Waals surface area contributed by atoms with Gasteiger partial charge in [-0.25, -0.2) is 15.0 Å². The standard InChI is InChI=1S/C21H24N4S/c1-13(2)7-20-22-10-15-11-25(12-19(15)23-20)21-8-14(3)17-6-5-16(26-4)9-18(17)24-21/h5-6,8-10,13H,7,11-12H2,1-4H3. The molecule has 0 fully saturated rings. The lowest BCUT2D eigenvalue weighted by Crippen LogP contribution is -2.16. The molecular weight excluding hydrogens is 340 g/mol. The summed E-state index contributed by atoms with van der Waals surface area (Å²) < 4.78 is 0. The minimum atomic E-state index is 0.570. The molecule has 3 aromatic rings. The molecule has 1 aliphatic rings. The van der Waals surface area contributed by atoms with E-state index >= 15 is 0 Å². The van der Waals surface area contributed by atoms with E-state index in [-0.39, 0.29) is 0 Å². The maximum Gasteiger partial charge on any atom is 0.130 e. The number of aryl methyl sites for hydroxylation is 1. The van der Waals surface area contributed by atoms with Crippen LogP contribution in [0.15, 0.2) is 35.4 Å². The Kier molecular flexibility index (Phi) is 4.57. The first kappa shape index (κ1) is 17.3. The van der Waals surface area contributed by atoms with Crippen LogP contribution in [0, 0.1) is 12.8 Å². The molecule has 0 amide bonds. The highest BCUT2D eigenvalue weighted by Crippen LogP contribution is 2.30. The predicted molar refractivity (Wildman–Crippen MR) is 109 cm³/mol. The Labute approximate surface area is 159 Å². The number of anilines is 1. The van der Waals surface area contributed by atoms with Crippen molar-refractivity contribution in [3.05, 3.63) is 53.1 Å². The lowest BCUT2D eigenvalue weighted by molar-refractivity contribution is 0.617. The van der Waals surface area contributed by atoms with E-state index in [1.165, 1.54) is 21.4 Å². The number of aromatic nitrogens is 3. The van der Waals surface area contributed by atoms with Crippen molar-refractivity contribution in [2.45, 2.75) is 45.2 Å². The quantitative estimate of drug-likeness (QED) is 0.624. The van der Waals surface area contributed by atoms with Crippen LogP contribution in [0.25, 0.3) is 10.9 Å². The van der Waals surface area contributed by atoms with Crippen LogP contribution in [0.3, 0.4) is 0 Å². The summed E-state index contributed by atoms with van der Waals surface area (Å²) in [7, 11) is 0. The second-order valence-electron chi connectivity index (χ2n) is 7.39. The van der Waals surface area contributed by atoms with Gasteiger partial charge in [0.15, 0.2) is 0 Å². The number of fused-ring (bicyclic) bond motifs is 2. The molecule has 1 aliphatic heterocycles. The van der Waals surface area contributed by atoms with Crippen molar-refractivity contribution in [3.8, 4) is 0 Å². The maximum atomic E-state index is 4.94. The SMILES string of the molecule is CSc1ccc2c(C)cc(N3Cc4cnc(CC(C)C)nc4C3)nc2c1. The highest BCUT2D eigenvalue weighted by Gasteiger charge is 2.23. The molecule has 134 valence electrons. The van der Waals surface area contributed by atoms with Crippen LogP contribution in [-0.2, 0) is 19.5 Å². The van der Waals surface area contributed by atoms with E-state index in [1.54, 1.807) is 11.8 Å². The summed E-state index contributed by atoms with van der Waals surface area (Å²) in [6.45, 7) is 8.21. The van der Waals surface area contributed by atoms with Gasteiger partial charge in [-0.15, -0.1) is 11.8 Å². The van der Waals surface area contributed by atoms with Gasteiger partial charge < -0.3 is 4.90 Å². The van der Waals surface area contributed by atoms with Crippen LogP contribution in [-0.4, -0.2) is 21.2 Å². The fourth-order valence-corrected chi connectivity index (χ4v) is 3.91. The number of hydrogen-bond donors (Lipinski definition) is 0. The van der Waals surface area contributed by atoms with Gasteiger partial charge in [-0.1, -0.05) is 19.9 Å². The number of pyridine rings is 1. The Hall–Kier alpha value is -2.14. The Morgan fingerprint density at radius 3 is 2.77 bits per heavy atom. The Balaban J connectivity index is 1.65. The largest absolute Gasteiger partial charge is 0.346 e. The van der Waals surface area contributed by atoms with Crippen LogP contribution in [0.1, 0.15) is 36.5 Å². The molecule has 1 aromatic carbocycles. The van der Waals surface area contributed by atoms with E-state index in [4.69, 9.17) is 9.97 Å². The normalized spacial score (nSPS) is 13.7.